The average molecular weight is 261 g/mol. The van der Waals surface area contributed by atoms with Gasteiger partial charge in [0, 0.05) is 28.7 Å². The molecule has 94 valence electrons. The second kappa shape index (κ2) is 4.37. The van der Waals surface area contributed by atoms with Crippen LogP contribution in [0, 0.1) is 5.92 Å². The minimum absolute atomic E-state index is 0.179. The number of rotatable bonds is 3. The molecule has 0 aliphatic carbocycles. The Balaban J connectivity index is 1.77. The molecule has 1 unspecified atom stereocenters. The van der Waals surface area contributed by atoms with Gasteiger partial charge in [0.25, 0.3) is 0 Å². The van der Waals surface area contributed by atoms with Crippen LogP contribution in [-0.2, 0) is 4.79 Å². The lowest BCUT2D eigenvalue weighted by molar-refractivity contribution is -0.148. The van der Waals surface area contributed by atoms with E-state index in [0.717, 1.165) is 0 Å². The van der Waals surface area contributed by atoms with Crippen LogP contribution in [0.5, 0.6) is 0 Å². The van der Waals surface area contributed by atoms with Gasteiger partial charge in [-0.25, -0.2) is 0 Å². The maximum Gasteiger partial charge on any atom is 0.309 e. The van der Waals surface area contributed by atoms with Gasteiger partial charge in [0.05, 0.1) is 5.92 Å². The molecule has 2 aromatic rings. The summed E-state index contributed by atoms with van der Waals surface area (Å²) >= 11 is 1.80. The molecule has 0 bridgehead atoms. The lowest BCUT2D eigenvalue weighted by Gasteiger charge is -2.40. The van der Waals surface area contributed by atoms with E-state index in [9.17, 15) is 4.79 Å². The minimum Gasteiger partial charge on any atom is -0.481 e. The maximum absolute atomic E-state index is 10.8. The number of carbonyl (C=O) groups is 1. The van der Waals surface area contributed by atoms with Crippen molar-refractivity contribution >= 4 is 27.4 Å². The van der Waals surface area contributed by atoms with E-state index in [1.165, 1.54) is 15.0 Å². The van der Waals surface area contributed by atoms with Gasteiger partial charge in [-0.2, -0.15) is 0 Å². The Labute approximate surface area is 110 Å². The van der Waals surface area contributed by atoms with Gasteiger partial charge in [0.1, 0.15) is 0 Å². The summed E-state index contributed by atoms with van der Waals surface area (Å²) in [6.07, 6.45) is 0. The molecule has 1 aliphatic heterocycles. The Bertz CT molecular complexity index is 553. The highest BCUT2D eigenvalue weighted by molar-refractivity contribution is 7.19. The van der Waals surface area contributed by atoms with Gasteiger partial charge in [-0.3, -0.25) is 9.69 Å². The third-order valence-corrected chi connectivity index (χ3v) is 4.95. The molecule has 1 fully saturated rings. The van der Waals surface area contributed by atoms with E-state index < -0.39 is 5.97 Å². The first kappa shape index (κ1) is 11.7. The number of hydrogen-bond donors (Lipinski definition) is 1. The summed E-state index contributed by atoms with van der Waals surface area (Å²) in [7, 11) is 0. The van der Waals surface area contributed by atoms with Gasteiger partial charge in [0.2, 0.25) is 0 Å². The van der Waals surface area contributed by atoms with Crippen molar-refractivity contribution in [1.82, 2.24) is 4.90 Å². The highest BCUT2D eigenvalue weighted by Gasteiger charge is 2.35. The van der Waals surface area contributed by atoms with Crippen molar-refractivity contribution in [2.45, 2.75) is 13.0 Å². The Kier molecular flexibility index (Phi) is 2.84. The van der Waals surface area contributed by atoms with Crippen molar-refractivity contribution in [2.24, 2.45) is 5.92 Å². The molecule has 3 nitrogen and oxygen atoms in total. The number of aliphatic carboxylic acids is 1. The smallest absolute Gasteiger partial charge is 0.309 e. The molecule has 1 saturated heterocycles. The molecule has 3 rings (SSSR count). The molecule has 0 amide bonds. The fraction of sp³-hybridized carbons (Fsp3) is 0.357. The van der Waals surface area contributed by atoms with Gasteiger partial charge < -0.3 is 5.11 Å². The van der Waals surface area contributed by atoms with Crippen molar-refractivity contribution in [3.63, 3.8) is 0 Å². The monoisotopic (exact) mass is 261 g/mol. The Morgan fingerprint density at radius 3 is 2.83 bits per heavy atom. The normalized spacial score (nSPS) is 18.7. The highest BCUT2D eigenvalue weighted by atomic mass is 32.1. The Morgan fingerprint density at radius 1 is 1.44 bits per heavy atom. The van der Waals surface area contributed by atoms with E-state index in [1.54, 1.807) is 11.3 Å². The molecule has 18 heavy (non-hydrogen) atoms. The van der Waals surface area contributed by atoms with Crippen LogP contribution in [0.3, 0.4) is 0 Å². The second-order valence-corrected chi connectivity index (χ2v) is 5.97. The number of hydrogen-bond acceptors (Lipinski definition) is 3. The van der Waals surface area contributed by atoms with Gasteiger partial charge in [-0.1, -0.05) is 18.2 Å². The molecule has 4 heteroatoms. The zero-order valence-corrected chi connectivity index (χ0v) is 11.0. The van der Waals surface area contributed by atoms with Crippen molar-refractivity contribution in [3.05, 3.63) is 35.2 Å². The second-order valence-electron chi connectivity index (χ2n) is 4.85. The summed E-state index contributed by atoms with van der Waals surface area (Å²) < 4.78 is 1.30. The summed E-state index contributed by atoms with van der Waals surface area (Å²) in [5.41, 5.74) is 0. The van der Waals surface area contributed by atoms with Gasteiger partial charge in [-0.05, 0) is 24.4 Å². The summed E-state index contributed by atoms with van der Waals surface area (Å²) in [6, 6.07) is 10.9. The SMILES string of the molecule is CC(c1cc2ccccc2s1)N1CC(C(=O)O)C1. The van der Waals surface area contributed by atoms with Crippen LogP contribution in [0.25, 0.3) is 10.1 Å². The molecule has 1 N–H and O–H groups in total. The lowest BCUT2D eigenvalue weighted by atomic mass is 9.98. The van der Waals surface area contributed by atoms with Crippen LogP contribution in [0.1, 0.15) is 17.8 Å². The molecule has 2 heterocycles. The predicted molar refractivity (Wildman–Crippen MR) is 72.9 cm³/mol. The zero-order chi connectivity index (χ0) is 12.7. The van der Waals surface area contributed by atoms with Gasteiger partial charge >= 0.3 is 5.97 Å². The molecular formula is C14H15NO2S. The van der Waals surface area contributed by atoms with Gasteiger partial charge in [-0.15, -0.1) is 11.3 Å². The summed E-state index contributed by atoms with van der Waals surface area (Å²) in [5.74, 6) is -0.850. The fourth-order valence-corrected chi connectivity index (χ4v) is 3.52. The number of benzene rings is 1. The third-order valence-electron chi connectivity index (χ3n) is 3.66. The van der Waals surface area contributed by atoms with Crippen LogP contribution in [-0.4, -0.2) is 29.1 Å². The van der Waals surface area contributed by atoms with Crippen LogP contribution in [0.4, 0.5) is 0 Å². The average Bonchev–Trinajstić information content (AvgIpc) is 2.69. The van der Waals surface area contributed by atoms with Crippen LogP contribution >= 0.6 is 11.3 Å². The van der Waals surface area contributed by atoms with Gasteiger partial charge in [0.15, 0.2) is 0 Å². The van der Waals surface area contributed by atoms with E-state index in [4.69, 9.17) is 5.11 Å². The van der Waals surface area contributed by atoms with Crippen LogP contribution in [0.2, 0.25) is 0 Å². The molecule has 0 saturated carbocycles. The van der Waals surface area contributed by atoms with E-state index in [1.807, 2.05) is 6.07 Å². The zero-order valence-electron chi connectivity index (χ0n) is 10.2. The number of likely N-dealkylation sites (tertiary alicyclic amines) is 1. The number of nitrogens with zero attached hydrogens (tertiary/aromatic N) is 1. The van der Waals surface area contributed by atoms with Crippen molar-refractivity contribution in [3.8, 4) is 0 Å². The first-order chi connectivity index (χ1) is 8.65. The first-order valence-electron chi connectivity index (χ1n) is 6.10. The number of fused-ring (bicyclic) bond motifs is 1. The third kappa shape index (κ3) is 1.91. The maximum atomic E-state index is 10.8. The Hall–Kier alpha value is -1.39. The van der Waals surface area contributed by atoms with E-state index in [-0.39, 0.29) is 5.92 Å². The predicted octanol–water partition coefficient (Wildman–Crippen LogP) is 2.98. The van der Waals surface area contributed by atoms with Crippen LogP contribution < -0.4 is 0 Å². The molecule has 1 atom stereocenters. The van der Waals surface area contributed by atoms with E-state index >= 15 is 0 Å². The number of carboxylic acid groups (broad SMARTS) is 1. The number of thiophene rings is 1. The summed E-state index contributed by atoms with van der Waals surface area (Å²) in [5, 5.41) is 10.2. The standard InChI is InChI=1S/C14H15NO2S/c1-9(15-7-11(8-15)14(16)17)13-6-10-4-2-3-5-12(10)18-13/h2-6,9,11H,7-8H2,1H3,(H,16,17). The topological polar surface area (TPSA) is 40.5 Å². The Morgan fingerprint density at radius 2 is 2.17 bits per heavy atom. The largest absolute Gasteiger partial charge is 0.481 e. The molecule has 1 aliphatic rings. The fourth-order valence-electron chi connectivity index (χ4n) is 2.37. The molecular weight excluding hydrogens is 246 g/mol. The van der Waals surface area contributed by atoms with Crippen molar-refractivity contribution < 1.29 is 9.90 Å². The quantitative estimate of drug-likeness (QED) is 0.923. The first-order valence-corrected chi connectivity index (χ1v) is 6.92. The van der Waals surface area contributed by atoms with Crippen molar-refractivity contribution in [1.29, 1.82) is 0 Å². The highest BCUT2D eigenvalue weighted by Crippen LogP contribution is 2.35. The summed E-state index contributed by atoms with van der Waals surface area (Å²) in [4.78, 5) is 14.3. The minimum atomic E-state index is -0.671. The van der Waals surface area contributed by atoms with E-state index in [2.05, 4.69) is 36.1 Å². The van der Waals surface area contributed by atoms with Crippen LogP contribution in [0.15, 0.2) is 30.3 Å². The number of carboxylic acids is 1. The molecule has 0 radical (unpaired) electrons. The molecule has 1 aromatic heterocycles. The lowest BCUT2D eigenvalue weighted by Crippen LogP contribution is -2.50. The van der Waals surface area contributed by atoms with E-state index in [0.29, 0.717) is 19.1 Å². The molecule has 0 spiro atoms. The summed E-state index contributed by atoms with van der Waals surface area (Å²) in [6.45, 7) is 3.50. The molecule has 1 aromatic carbocycles. The van der Waals surface area contributed by atoms with Crippen molar-refractivity contribution in [2.75, 3.05) is 13.1 Å².